The predicted molar refractivity (Wildman–Crippen MR) is 241 cm³/mol. The number of hydrogen-bond acceptors (Lipinski definition) is 12. The maximum absolute atomic E-state index is 17.4. The standard InChI is InChI=1S/C41H66F2O12Si8/c42-32-29-30-41(40(43)31-32)63-53-60(37-23-9-10-24-37)47-57(34-17-3-4-18-34)44-56(33-15-1-2-16-33)45-58(49-60,35-19-5-6-20-35)51-62(55-63,39-27-13-14-28-39)52-59(46-56,36-21-7-8-22-36)50-61(48-57,54-63)38-25-11-12-26-38/h29-31,33-39H,1-28H2. The van der Waals surface area contributed by atoms with Gasteiger partial charge in [-0.25, -0.2) is 8.78 Å². The van der Waals surface area contributed by atoms with Gasteiger partial charge in [0.25, 0.3) is 0 Å². The normalized spacial score (nSPS) is 47.0. The van der Waals surface area contributed by atoms with E-state index in [1.165, 1.54) is 12.1 Å². The fraction of sp³-hybridized carbons (Fsp3) is 0.854. The summed E-state index contributed by atoms with van der Waals surface area (Å²) >= 11 is 0. The third kappa shape index (κ3) is 6.83. The molecular weight excluding hydrogens is 947 g/mol. The van der Waals surface area contributed by atoms with E-state index < -0.39 is 82.1 Å². The van der Waals surface area contributed by atoms with Crippen LogP contribution >= 0.6 is 0 Å². The Labute approximate surface area is 380 Å². The number of hydrogen-bond donors (Lipinski definition) is 0. The molecule has 1 aromatic rings. The van der Waals surface area contributed by atoms with E-state index in [-0.39, 0.29) is 44.0 Å². The molecule has 348 valence electrons. The first-order chi connectivity index (χ1) is 30.6. The molecule has 14 rings (SSSR count). The van der Waals surface area contributed by atoms with Crippen LogP contribution in [-0.2, 0) is 49.4 Å². The lowest BCUT2D eigenvalue weighted by Gasteiger charge is -2.66. The molecule has 0 atom stereocenters. The maximum atomic E-state index is 17.4. The van der Waals surface area contributed by atoms with E-state index in [0.717, 1.165) is 186 Å². The van der Waals surface area contributed by atoms with E-state index in [2.05, 4.69) is 0 Å². The molecule has 6 heterocycles. The minimum Gasteiger partial charge on any atom is -0.373 e. The van der Waals surface area contributed by atoms with Crippen molar-refractivity contribution in [1.29, 1.82) is 0 Å². The summed E-state index contributed by atoms with van der Waals surface area (Å²) in [5.74, 6) is -1.47. The van der Waals surface area contributed by atoms with Crippen LogP contribution in [0.15, 0.2) is 18.2 Å². The monoisotopic (exact) mass is 1010 g/mol. The molecule has 13 aliphatic rings. The lowest BCUT2D eigenvalue weighted by molar-refractivity contribution is -0.0428. The van der Waals surface area contributed by atoms with E-state index in [1.807, 2.05) is 0 Å². The zero-order valence-electron chi connectivity index (χ0n) is 36.7. The van der Waals surface area contributed by atoms with Crippen LogP contribution in [0.4, 0.5) is 8.78 Å². The molecule has 0 aromatic heterocycles. The van der Waals surface area contributed by atoms with Crippen LogP contribution in [0.1, 0.15) is 180 Å². The fourth-order valence-corrected chi connectivity index (χ4v) is 70.0. The Bertz CT molecular complexity index is 1730. The minimum atomic E-state index is -4.77. The second kappa shape index (κ2) is 15.9. The van der Waals surface area contributed by atoms with Gasteiger partial charge in [0.15, 0.2) is 0 Å². The SMILES string of the molecule is Fc1ccc([Si]23O[Si]4(C5CCCC5)O[Si]5(C6CCCC6)O[Si](C6CCCC6)(O2)O[Si]2(C6CCCC6)O[Si](C6CCCC6)(O3)O[Si](C3CCCC3)(O4)O[Si](C3CCCC3)(O5)O2)c(F)c1. The van der Waals surface area contributed by atoms with Crippen molar-refractivity contribution in [1.82, 2.24) is 0 Å². The molecule has 63 heavy (non-hydrogen) atoms. The summed E-state index contributed by atoms with van der Waals surface area (Å²) in [6.07, 6.45) is 26.0. The van der Waals surface area contributed by atoms with E-state index in [4.69, 9.17) is 49.4 Å². The van der Waals surface area contributed by atoms with Gasteiger partial charge in [0.1, 0.15) is 11.6 Å². The van der Waals surface area contributed by atoms with Gasteiger partial charge in [0.2, 0.25) is 0 Å². The van der Waals surface area contributed by atoms with Crippen molar-refractivity contribution >= 4 is 75.6 Å². The summed E-state index contributed by atoms with van der Waals surface area (Å²) in [6.45, 7) is 0. The summed E-state index contributed by atoms with van der Waals surface area (Å²) in [5, 5.41) is 0.0572. The van der Waals surface area contributed by atoms with E-state index in [0.29, 0.717) is 0 Å². The molecular formula is C41H66F2O12Si8. The second-order valence-electron chi connectivity index (χ2n) is 21.5. The van der Waals surface area contributed by atoms with Crippen LogP contribution in [0, 0.1) is 11.6 Å². The van der Waals surface area contributed by atoms with Gasteiger partial charge in [0.05, 0.1) is 5.19 Å². The summed E-state index contributed by atoms with van der Waals surface area (Å²) in [4.78, 5) is 0. The van der Waals surface area contributed by atoms with Crippen LogP contribution in [0.3, 0.4) is 0 Å². The van der Waals surface area contributed by atoms with Crippen LogP contribution < -0.4 is 5.19 Å². The molecule has 7 aliphatic carbocycles. The number of rotatable bonds is 8. The molecule has 0 unspecified atom stereocenters. The molecule has 6 saturated heterocycles. The molecule has 13 fully saturated rings. The molecule has 0 radical (unpaired) electrons. The van der Waals surface area contributed by atoms with Gasteiger partial charge in [-0.15, -0.1) is 0 Å². The number of benzene rings is 1. The summed E-state index contributed by atoms with van der Waals surface area (Å²) in [7, 11) is -33.9. The first kappa shape index (κ1) is 43.4. The molecule has 22 heteroatoms. The highest BCUT2D eigenvalue weighted by molar-refractivity contribution is 7.06. The summed E-state index contributed by atoms with van der Waals surface area (Å²) in [5.41, 5.74) is -0.764. The van der Waals surface area contributed by atoms with Gasteiger partial charge in [-0.05, 0) is 96.0 Å². The fourth-order valence-electron chi connectivity index (χ4n) is 14.5. The van der Waals surface area contributed by atoms with E-state index in [1.54, 1.807) is 0 Å². The van der Waals surface area contributed by atoms with Crippen molar-refractivity contribution in [2.75, 3.05) is 0 Å². The molecule has 6 aliphatic heterocycles. The summed E-state index contributed by atoms with van der Waals surface area (Å²) in [6, 6.07) is 3.73. The predicted octanol–water partition coefficient (Wildman–Crippen LogP) is 10.6. The minimum absolute atomic E-state index is 0.0173. The molecule has 7 saturated carbocycles. The molecule has 1 aromatic carbocycles. The van der Waals surface area contributed by atoms with Crippen LogP contribution in [0.25, 0.3) is 0 Å². The average molecular weight is 1010 g/mol. The van der Waals surface area contributed by atoms with Crippen molar-refractivity contribution in [3.05, 3.63) is 29.8 Å². The Hall–Kier alpha value is 0.335. The molecule has 8 bridgehead atoms. The quantitative estimate of drug-likeness (QED) is 0.231. The van der Waals surface area contributed by atoms with Gasteiger partial charge in [-0.2, -0.15) is 0 Å². The van der Waals surface area contributed by atoms with Crippen LogP contribution in [-0.4, -0.2) is 70.4 Å². The van der Waals surface area contributed by atoms with Crippen LogP contribution in [0.5, 0.6) is 0 Å². The lowest BCUT2D eigenvalue weighted by Crippen LogP contribution is -2.92. The van der Waals surface area contributed by atoms with Crippen molar-refractivity contribution in [3.8, 4) is 0 Å². The zero-order chi connectivity index (χ0) is 42.2. The van der Waals surface area contributed by atoms with Gasteiger partial charge in [-0.3, -0.25) is 0 Å². The number of halogens is 2. The Morgan fingerprint density at radius 3 is 0.714 bits per heavy atom. The molecule has 0 N–H and O–H groups in total. The second-order valence-corrected chi connectivity index (χ2v) is 47.1. The Morgan fingerprint density at radius 1 is 0.302 bits per heavy atom. The Morgan fingerprint density at radius 2 is 0.508 bits per heavy atom. The highest BCUT2D eigenvalue weighted by Crippen LogP contribution is 2.66. The van der Waals surface area contributed by atoms with Gasteiger partial charge in [-0.1, -0.05) is 96.0 Å². The lowest BCUT2D eigenvalue weighted by atomic mass is 10.3. The summed E-state index contributed by atoms with van der Waals surface area (Å²) < 4.78 is 132. The van der Waals surface area contributed by atoms with Gasteiger partial charge in [0, 0.05) is 44.9 Å². The first-order valence-corrected chi connectivity index (χ1v) is 39.8. The molecule has 12 nitrogen and oxygen atoms in total. The molecule has 0 amide bonds. The van der Waals surface area contributed by atoms with Crippen molar-refractivity contribution in [3.63, 3.8) is 0 Å². The highest BCUT2D eigenvalue weighted by atomic mass is 28.6. The Kier molecular flexibility index (Phi) is 11.0. The maximum Gasteiger partial charge on any atom is 0.518 e. The van der Waals surface area contributed by atoms with E-state index >= 15 is 8.78 Å². The Balaban J connectivity index is 1.16. The third-order valence-corrected chi connectivity index (χ3v) is 56.9. The van der Waals surface area contributed by atoms with Crippen molar-refractivity contribution in [2.45, 2.75) is 219 Å². The van der Waals surface area contributed by atoms with Crippen molar-refractivity contribution < 1.29 is 58.2 Å². The third-order valence-electron chi connectivity index (χ3n) is 17.6. The zero-order valence-corrected chi connectivity index (χ0v) is 44.7. The van der Waals surface area contributed by atoms with E-state index in [9.17, 15) is 0 Å². The smallest absolute Gasteiger partial charge is 0.373 e. The van der Waals surface area contributed by atoms with Crippen molar-refractivity contribution in [2.24, 2.45) is 0 Å². The highest BCUT2D eigenvalue weighted by Gasteiger charge is 2.88. The topological polar surface area (TPSA) is 111 Å². The van der Waals surface area contributed by atoms with Gasteiger partial charge < -0.3 is 49.4 Å². The largest absolute Gasteiger partial charge is 0.518 e. The average Bonchev–Trinajstić information content (AvgIpc) is 4.11. The molecule has 0 spiro atoms. The van der Waals surface area contributed by atoms with Gasteiger partial charge >= 0.3 is 70.4 Å². The van der Waals surface area contributed by atoms with Crippen LogP contribution in [0.2, 0.25) is 38.8 Å². The first-order valence-electron chi connectivity index (χ1n) is 25.5.